The maximum absolute atomic E-state index is 11.8. The molecule has 0 aliphatic rings. The molecule has 1 heterocycles. The summed E-state index contributed by atoms with van der Waals surface area (Å²) in [5.41, 5.74) is 7.76. The number of ether oxygens (including phenoxy) is 1. The van der Waals surface area contributed by atoms with Crippen molar-refractivity contribution in [1.29, 1.82) is 0 Å². The summed E-state index contributed by atoms with van der Waals surface area (Å²) >= 11 is 0. The lowest BCUT2D eigenvalue weighted by molar-refractivity contribution is 0.0992. The number of nitrogens with zero attached hydrogens (tertiary/aromatic N) is 1. The first-order valence-corrected chi connectivity index (χ1v) is 7.74. The minimum Gasteiger partial charge on any atom is -0.496 e. The highest BCUT2D eigenvalue weighted by Crippen LogP contribution is 2.29. The number of nitrogens with two attached hydrogens (primary N) is 1. The molecule has 1 aromatic carbocycles. The van der Waals surface area contributed by atoms with Gasteiger partial charge in [0.25, 0.3) is 5.91 Å². The van der Waals surface area contributed by atoms with E-state index in [0.717, 1.165) is 5.56 Å². The Kier molecular flexibility index (Phi) is 5.71. The Hall–Kier alpha value is -2.93. The Morgan fingerprint density at radius 2 is 2.04 bits per heavy atom. The molecule has 2 rings (SSSR count). The van der Waals surface area contributed by atoms with Crippen molar-refractivity contribution in [3.63, 3.8) is 0 Å². The first-order valence-electron chi connectivity index (χ1n) is 7.74. The average molecular weight is 343 g/mol. The van der Waals surface area contributed by atoms with Gasteiger partial charge in [-0.05, 0) is 37.6 Å². The average Bonchev–Trinajstić information content (AvgIpc) is 2.60. The van der Waals surface area contributed by atoms with Crippen LogP contribution in [0.25, 0.3) is 11.1 Å². The molecule has 0 radical (unpaired) electrons. The largest absolute Gasteiger partial charge is 0.496 e. The monoisotopic (exact) mass is 343 g/mol. The fraction of sp³-hybridized carbons (Fsp3) is 0.278. The SMILES string of the molecule is COc1ccc(-c2cnc(C(N)=O)c(NC(C)CO)c2)cc1C(C)=O. The molecule has 132 valence electrons. The van der Waals surface area contributed by atoms with Crippen molar-refractivity contribution in [2.45, 2.75) is 19.9 Å². The van der Waals surface area contributed by atoms with E-state index >= 15 is 0 Å². The van der Waals surface area contributed by atoms with Crippen molar-refractivity contribution in [2.24, 2.45) is 5.73 Å². The molecule has 1 aromatic heterocycles. The first kappa shape index (κ1) is 18.4. The van der Waals surface area contributed by atoms with E-state index in [1.165, 1.54) is 20.2 Å². The molecular formula is C18H21N3O4. The highest BCUT2D eigenvalue weighted by Gasteiger charge is 2.15. The third kappa shape index (κ3) is 4.13. The van der Waals surface area contributed by atoms with Gasteiger partial charge in [-0.1, -0.05) is 6.07 Å². The van der Waals surface area contributed by atoms with Crippen LogP contribution in [-0.2, 0) is 0 Å². The Morgan fingerprint density at radius 3 is 2.60 bits per heavy atom. The Morgan fingerprint density at radius 1 is 1.32 bits per heavy atom. The number of Topliss-reactive ketones (excluding diaryl/α,β-unsaturated/α-hetero) is 1. The summed E-state index contributed by atoms with van der Waals surface area (Å²) in [5.74, 6) is -0.295. The smallest absolute Gasteiger partial charge is 0.269 e. The van der Waals surface area contributed by atoms with E-state index in [9.17, 15) is 14.7 Å². The summed E-state index contributed by atoms with van der Waals surface area (Å²) in [7, 11) is 1.50. The standard InChI is InChI=1S/C18H21N3O4/c1-10(9-22)21-15-7-13(8-20-17(15)18(19)24)12-4-5-16(25-3)14(6-12)11(2)23/h4-8,10,21-22H,9H2,1-3H3,(H2,19,24). The summed E-state index contributed by atoms with van der Waals surface area (Å²) in [6.07, 6.45) is 1.51. The second-order valence-corrected chi connectivity index (χ2v) is 5.68. The molecule has 1 amide bonds. The maximum Gasteiger partial charge on any atom is 0.269 e. The number of carbonyl (C=O) groups is 2. The number of amides is 1. The molecule has 4 N–H and O–H groups in total. The van der Waals surface area contributed by atoms with Gasteiger partial charge >= 0.3 is 0 Å². The zero-order valence-electron chi connectivity index (χ0n) is 14.4. The van der Waals surface area contributed by atoms with Gasteiger partial charge in [0.1, 0.15) is 5.75 Å². The number of anilines is 1. The number of ketones is 1. The lowest BCUT2D eigenvalue weighted by Crippen LogP contribution is -2.23. The van der Waals surface area contributed by atoms with Crippen LogP contribution >= 0.6 is 0 Å². The van der Waals surface area contributed by atoms with Crippen LogP contribution in [0.15, 0.2) is 30.5 Å². The Labute approximate surface area is 145 Å². The topological polar surface area (TPSA) is 115 Å². The number of nitrogens with one attached hydrogen (secondary N) is 1. The molecule has 2 aromatic rings. The predicted molar refractivity (Wildman–Crippen MR) is 94.9 cm³/mol. The van der Waals surface area contributed by atoms with Crippen LogP contribution in [0.5, 0.6) is 5.75 Å². The second kappa shape index (κ2) is 7.76. The van der Waals surface area contributed by atoms with Gasteiger partial charge in [-0.3, -0.25) is 9.59 Å². The molecule has 7 heteroatoms. The molecular weight excluding hydrogens is 322 g/mol. The normalized spacial score (nSPS) is 11.7. The van der Waals surface area contributed by atoms with Crippen LogP contribution in [-0.4, -0.2) is 41.5 Å². The van der Waals surface area contributed by atoms with Crippen LogP contribution in [0.2, 0.25) is 0 Å². The van der Waals surface area contributed by atoms with Crippen molar-refractivity contribution >= 4 is 17.4 Å². The molecule has 0 aliphatic carbocycles. The number of benzene rings is 1. The van der Waals surface area contributed by atoms with Crippen molar-refractivity contribution in [1.82, 2.24) is 4.98 Å². The van der Waals surface area contributed by atoms with Crippen LogP contribution in [0.3, 0.4) is 0 Å². The number of pyridine rings is 1. The van der Waals surface area contributed by atoms with Gasteiger partial charge < -0.3 is 20.9 Å². The molecule has 0 bridgehead atoms. The quantitative estimate of drug-likeness (QED) is 0.661. The van der Waals surface area contributed by atoms with Crippen LogP contribution in [0, 0.1) is 0 Å². The molecule has 0 fully saturated rings. The van der Waals surface area contributed by atoms with E-state index in [0.29, 0.717) is 22.6 Å². The van der Waals surface area contributed by atoms with Crippen molar-refractivity contribution < 1.29 is 19.4 Å². The van der Waals surface area contributed by atoms with E-state index in [1.54, 1.807) is 31.2 Å². The van der Waals surface area contributed by atoms with E-state index in [1.807, 2.05) is 0 Å². The lowest BCUT2D eigenvalue weighted by Gasteiger charge is -2.16. The van der Waals surface area contributed by atoms with Gasteiger partial charge in [-0.2, -0.15) is 0 Å². The van der Waals surface area contributed by atoms with Crippen molar-refractivity contribution in [3.8, 4) is 16.9 Å². The lowest BCUT2D eigenvalue weighted by atomic mass is 10.0. The zero-order chi connectivity index (χ0) is 18.6. The molecule has 0 spiro atoms. The van der Waals surface area contributed by atoms with Crippen molar-refractivity contribution in [3.05, 3.63) is 41.7 Å². The molecule has 1 atom stereocenters. The second-order valence-electron chi connectivity index (χ2n) is 5.68. The molecule has 0 saturated heterocycles. The van der Waals surface area contributed by atoms with Gasteiger partial charge in [0, 0.05) is 17.8 Å². The van der Waals surface area contributed by atoms with Gasteiger partial charge in [0.05, 0.1) is 25.0 Å². The highest BCUT2D eigenvalue weighted by atomic mass is 16.5. The summed E-state index contributed by atoms with van der Waals surface area (Å²) in [6.45, 7) is 3.12. The molecule has 1 unspecified atom stereocenters. The van der Waals surface area contributed by atoms with Gasteiger partial charge in [-0.15, -0.1) is 0 Å². The number of carbonyl (C=O) groups excluding carboxylic acids is 2. The number of methoxy groups -OCH3 is 1. The van der Waals surface area contributed by atoms with Crippen LogP contribution in [0.1, 0.15) is 34.7 Å². The number of aliphatic hydroxyl groups is 1. The number of aliphatic hydroxyl groups excluding tert-OH is 1. The van der Waals surface area contributed by atoms with Gasteiger partial charge in [0.2, 0.25) is 0 Å². The fourth-order valence-corrected chi connectivity index (χ4v) is 2.40. The Balaban J connectivity index is 2.52. The summed E-state index contributed by atoms with van der Waals surface area (Å²) in [6, 6.07) is 6.65. The summed E-state index contributed by atoms with van der Waals surface area (Å²) in [5, 5.41) is 12.2. The Bertz CT molecular complexity index is 805. The van der Waals surface area contributed by atoms with Gasteiger partial charge in [-0.25, -0.2) is 4.98 Å². The minimum absolute atomic E-state index is 0.0874. The van der Waals surface area contributed by atoms with Crippen molar-refractivity contribution in [2.75, 3.05) is 19.0 Å². The highest BCUT2D eigenvalue weighted by molar-refractivity contribution is 5.99. The first-order chi connectivity index (χ1) is 11.9. The predicted octanol–water partition coefficient (Wildman–Crippen LogP) is 1.85. The van der Waals surface area contributed by atoms with Gasteiger partial charge in [0.15, 0.2) is 11.5 Å². The fourth-order valence-electron chi connectivity index (χ4n) is 2.40. The van der Waals surface area contributed by atoms with E-state index in [2.05, 4.69) is 10.3 Å². The zero-order valence-corrected chi connectivity index (χ0v) is 14.4. The number of aromatic nitrogens is 1. The number of rotatable bonds is 7. The van der Waals surface area contributed by atoms with Crippen LogP contribution in [0.4, 0.5) is 5.69 Å². The summed E-state index contributed by atoms with van der Waals surface area (Å²) < 4.78 is 5.20. The van der Waals surface area contributed by atoms with E-state index in [-0.39, 0.29) is 24.1 Å². The maximum atomic E-state index is 11.8. The number of hydrogen-bond donors (Lipinski definition) is 3. The van der Waals surface area contributed by atoms with E-state index < -0.39 is 5.91 Å². The third-order valence-corrected chi connectivity index (χ3v) is 3.71. The minimum atomic E-state index is -0.668. The third-order valence-electron chi connectivity index (χ3n) is 3.71. The number of hydrogen-bond acceptors (Lipinski definition) is 6. The number of primary amides is 1. The summed E-state index contributed by atoms with van der Waals surface area (Å²) in [4.78, 5) is 27.5. The molecule has 0 saturated carbocycles. The van der Waals surface area contributed by atoms with E-state index in [4.69, 9.17) is 10.5 Å². The van der Waals surface area contributed by atoms with Crippen LogP contribution < -0.4 is 15.8 Å². The molecule has 25 heavy (non-hydrogen) atoms. The molecule has 7 nitrogen and oxygen atoms in total. The molecule has 0 aliphatic heterocycles.